The molecule has 0 N–H and O–H groups in total. The molecule has 1 aliphatic heterocycles. The fraction of sp³-hybridized carbons (Fsp3) is 0.733. The topological polar surface area (TPSA) is 9.23 Å². The van der Waals surface area contributed by atoms with Gasteiger partial charge in [-0.3, -0.25) is 0 Å². The van der Waals surface area contributed by atoms with Gasteiger partial charge in [0.15, 0.2) is 0 Å². The van der Waals surface area contributed by atoms with Crippen LogP contribution < -0.4 is 0 Å². The molecule has 0 aromatic heterocycles. The minimum Gasteiger partial charge on any atom is -0.366 e. The van der Waals surface area contributed by atoms with Crippen LogP contribution in [-0.2, 0) is 4.74 Å². The molecule has 0 saturated heterocycles. The summed E-state index contributed by atoms with van der Waals surface area (Å²) in [4.78, 5) is 0. The van der Waals surface area contributed by atoms with E-state index in [1.165, 1.54) is 51.4 Å². The van der Waals surface area contributed by atoms with Gasteiger partial charge in [0.25, 0.3) is 0 Å². The van der Waals surface area contributed by atoms with Gasteiger partial charge in [0.05, 0.1) is 12.2 Å². The van der Waals surface area contributed by atoms with Crippen molar-refractivity contribution >= 4 is 0 Å². The zero-order valence-electron chi connectivity index (χ0n) is 10.1. The molecule has 3 atom stereocenters. The van der Waals surface area contributed by atoms with Crippen LogP contribution in [0.5, 0.6) is 0 Å². The van der Waals surface area contributed by atoms with Crippen molar-refractivity contribution in [1.29, 1.82) is 0 Å². The maximum absolute atomic E-state index is 6.23. The van der Waals surface area contributed by atoms with E-state index in [0.29, 0.717) is 6.10 Å². The Morgan fingerprint density at radius 1 is 1.00 bits per heavy atom. The highest BCUT2D eigenvalue weighted by molar-refractivity contribution is 5.30. The van der Waals surface area contributed by atoms with Crippen molar-refractivity contribution in [2.45, 2.75) is 63.6 Å². The number of rotatable bonds is 1. The van der Waals surface area contributed by atoms with Crippen LogP contribution in [0.15, 0.2) is 23.8 Å². The van der Waals surface area contributed by atoms with Gasteiger partial charge in [-0.15, -0.1) is 6.58 Å². The molecule has 0 spiro atoms. The minimum absolute atomic E-state index is 0.245. The average Bonchev–Trinajstić information content (AvgIpc) is 2.38. The molecule has 3 aliphatic rings. The van der Waals surface area contributed by atoms with Crippen molar-refractivity contribution < 1.29 is 4.74 Å². The van der Waals surface area contributed by atoms with Crippen molar-refractivity contribution in [2.75, 3.05) is 0 Å². The highest BCUT2D eigenvalue weighted by Crippen LogP contribution is 2.45. The number of fused-ring (bicyclic) bond motifs is 2. The predicted molar refractivity (Wildman–Crippen MR) is 66.3 cm³/mol. The molecule has 0 amide bonds. The molecule has 1 heteroatoms. The molecule has 0 aromatic rings. The fourth-order valence-electron chi connectivity index (χ4n) is 3.83. The molecule has 1 fully saturated rings. The van der Waals surface area contributed by atoms with Gasteiger partial charge in [0.2, 0.25) is 0 Å². The van der Waals surface area contributed by atoms with E-state index in [1.54, 1.807) is 11.1 Å². The zero-order valence-corrected chi connectivity index (χ0v) is 10.1. The maximum Gasteiger partial charge on any atom is 0.0970 e. The predicted octanol–water partition coefficient (Wildman–Crippen LogP) is 4.00. The van der Waals surface area contributed by atoms with Crippen LogP contribution in [0.25, 0.3) is 0 Å². The summed E-state index contributed by atoms with van der Waals surface area (Å²) in [7, 11) is 0. The van der Waals surface area contributed by atoms with Gasteiger partial charge in [-0.05, 0) is 44.1 Å². The van der Waals surface area contributed by atoms with E-state index in [-0.39, 0.29) is 6.10 Å². The Balaban J connectivity index is 1.94. The normalized spacial score (nSPS) is 38.9. The lowest BCUT2D eigenvalue weighted by atomic mass is 9.72. The third-order valence-corrected chi connectivity index (χ3v) is 4.58. The van der Waals surface area contributed by atoms with Crippen molar-refractivity contribution in [3.63, 3.8) is 0 Å². The molecule has 2 aliphatic carbocycles. The van der Waals surface area contributed by atoms with Gasteiger partial charge in [-0.1, -0.05) is 24.5 Å². The zero-order chi connectivity index (χ0) is 11.0. The monoisotopic (exact) mass is 218 g/mol. The molecular weight excluding hydrogens is 196 g/mol. The van der Waals surface area contributed by atoms with Crippen LogP contribution in [0.4, 0.5) is 0 Å². The largest absolute Gasteiger partial charge is 0.366 e. The first-order chi connectivity index (χ1) is 7.90. The minimum atomic E-state index is 0.245. The van der Waals surface area contributed by atoms with Crippen LogP contribution in [0.1, 0.15) is 51.4 Å². The molecule has 88 valence electrons. The van der Waals surface area contributed by atoms with Crippen LogP contribution in [0.3, 0.4) is 0 Å². The molecule has 0 radical (unpaired) electrons. The van der Waals surface area contributed by atoms with Crippen molar-refractivity contribution in [2.24, 2.45) is 5.92 Å². The van der Waals surface area contributed by atoms with Crippen molar-refractivity contribution in [3.05, 3.63) is 23.8 Å². The summed E-state index contributed by atoms with van der Waals surface area (Å²) in [6.45, 7) is 3.95. The maximum atomic E-state index is 6.23. The lowest BCUT2D eigenvalue weighted by molar-refractivity contribution is -0.0358. The third kappa shape index (κ3) is 1.66. The van der Waals surface area contributed by atoms with E-state index < -0.39 is 0 Å². The first-order valence-electron chi connectivity index (χ1n) is 6.90. The Morgan fingerprint density at radius 2 is 1.75 bits per heavy atom. The first-order valence-corrected chi connectivity index (χ1v) is 6.90. The molecule has 0 bridgehead atoms. The van der Waals surface area contributed by atoms with Crippen LogP contribution in [0.2, 0.25) is 0 Å². The van der Waals surface area contributed by atoms with Crippen LogP contribution in [0, 0.1) is 5.92 Å². The number of hydrogen-bond acceptors (Lipinski definition) is 1. The Labute approximate surface area is 98.6 Å². The average molecular weight is 218 g/mol. The number of ether oxygens (including phenoxy) is 1. The Morgan fingerprint density at radius 3 is 2.56 bits per heavy atom. The van der Waals surface area contributed by atoms with Crippen molar-refractivity contribution in [3.8, 4) is 0 Å². The van der Waals surface area contributed by atoms with E-state index in [4.69, 9.17) is 4.74 Å². The standard InChI is InChI=1S/C15H22O/c1-2-14-12-8-4-3-7-11(12)13-9-5-6-10-15(13)16-14/h2,13-15H,1,3-10H2/t13-,14-,15-/m0/s1. The second-order valence-corrected chi connectivity index (χ2v) is 5.48. The van der Waals surface area contributed by atoms with E-state index >= 15 is 0 Å². The van der Waals surface area contributed by atoms with Gasteiger partial charge in [0.1, 0.15) is 0 Å². The summed E-state index contributed by atoms with van der Waals surface area (Å²) < 4.78 is 6.23. The van der Waals surface area contributed by atoms with E-state index in [0.717, 1.165) is 5.92 Å². The lowest BCUT2D eigenvalue weighted by Gasteiger charge is -2.43. The van der Waals surface area contributed by atoms with Gasteiger partial charge >= 0.3 is 0 Å². The fourth-order valence-corrected chi connectivity index (χ4v) is 3.83. The third-order valence-electron chi connectivity index (χ3n) is 4.58. The van der Waals surface area contributed by atoms with Gasteiger partial charge in [-0.25, -0.2) is 0 Å². The molecule has 1 nitrogen and oxygen atoms in total. The summed E-state index contributed by atoms with van der Waals surface area (Å²) in [6.07, 6.45) is 13.5. The molecule has 1 saturated carbocycles. The highest BCUT2D eigenvalue weighted by Gasteiger charge is 2.38. The van der Waals surface area contributed by atoms with E-state index in [1.807, 2.05) is 6.08 Å². The van der Waals surface area contributed by atoms with Crippen LogP contribution >= 0.6 is 0 Å². The second kappa shape index (κ2) is 4.37. The SMILES string of the molecule is C=C[C@@H]1O[C@H]2CCCC[C@H]2C2=C1CCCC2. The second-order valence-electron chi connectivity index (χ2n) is 5.48. The molecule has 1 heterocycles. The van der Waals surface area contributed by atoms with Crippen LogP contribution in [-0.4, -0.2) is 12.2 Å². The Kier molecular flexibility index (Phi) is 2.89. The van der Waals surface area contributed by atoms with Crippen molar-refractivity contribution in [1.82, 2.24) is 0 Å². The lowest BCUT2D eigenvalue weighted by Crippen LogP contribution is -2.39. The Bertz CT molecular complexity index is 315. The molecule has 16 heavy (non-hydrogen) atoms. The summed E-state index contributed by atoms with van der Waals surface area (Å²) in [6, 6.07) is 0. The summed E-state index contributed by atoms with van der Waals surface area (Å²) in [5.74, 6) is 0.764. The van der Waals surface area contributed by atoms with Gasteiger partial charge in [0, 0.05) is 5.92 Å². The molecule has 0 unspecified atom stereocenters. The van der Waals surface area contributed by atoms with E-state index in [2.05, 4.69) is 6.58 Å². The Hall–Kier alpha value is -0.560. The van der Waals surface area contributed by atoms with E-state index in [9.17, 15) is 0 Å². The molecule has 0 aromatic carbocycles. The quantitative estimate of drug-likeness (QED) is 0.604. The van der Waals surface area contributed by atoms with Gasteiger partial charge < -0.3 is 4.74 Å². The summed E-state index contributed by atoms with van der Waals surface area (Å²) >= 11 is 0. The number of hydrogen-bond donors (Lipinski definition) is 0. The smallest absolute Gasteiger partial charge is 0.0970 e. The highest BCUT2D eigenvalue weighted by atomic mass is 16.5. The first kappa shape index (κ1) is 10.6. The van der Waals surface area contributed by atoms with Gasteiger partial charge in [-0.2, -0.15) is 0 Å². The molecular formula is C15H22O. The summed E-state index contributed by atoms with van der Waals surface area (Å²) in [5.41, 5.74) is 3.37. The summed E-state index contributed by atoms with van der Waals surface area (Å²) in [5, 5.41) is 0. The molecule has 3 rings (SSSR count).